The van der Waals surface area contributed by atoms with Crippen molar-refractivity contribution in [2.45, 2.75) is 45.7 Å². The summed E-state index contributed by atoms with van der Waals surface area (Å²) in [5.41, 5.74) is 2.41. The lowest BCUT2D eigenvalue weighted by Crippen LogP contribution is -2.45. The maximum atomic E-state index is 12.3. The monoisotopic (exact) mass is 361 g/mol. The van der Waals surface area contributed by atoms with Crippen molar-refractivity contribution in [3.05, 3.63) is 35.4 Å². The van der Waals surface area contributed by atoms with Crippen LogP contribution in [0.4, 0.5) is 4.79 Å². The maximum Gasteiger partial charge on any atom is 0.326 e. The van der Waals surface area contributed by atoms with Gasteiger partial charge in [0, 0.05) is 26.1 Å². The molecule has 1 heterocycles. The molecule has 0 aliphatic carbocycles. The number of benzene rings is 1. The Morgan fingerprint density at radius 2 is 1.88 bits per heavy atom. The highest BCUT2D eigenvalue weighted by molar-refractivity contribution is 5.84. The topological polar surface area (TPSA) is 98.7 Å². The molecule has 1 atom stereocenters. The van der Waals surface area contributed by atoms with Crippen molar-refractivity contribution in [2.75, 3.05) is 13.1 Å². The molecule has 2 rings (SSSR count). The van der Waals surface area contributed by atoms with Crippen molar-refractivity contribution in [1.29, 1.82) is 0 Å². The van der Waals surface area contributed by atoms with Crippen LogP contribution in [0.3, 0.4) is 0 Å². The SMILES string of the molecule is CC(C)C[C@H](NC(=O)CCNC(=O)N1CCc2ccccc2C1)C(=O)O. The summed E-state index contributed by atoms with van der Waals surface area (Å²) >= 11 is 0. The van der Waals surface area contributed by atoms with Crippen LogP contribution in [-0.4, -0.2) is 47.0 Å². The van der Waals surface area contributed by atoms with Crippen LogP contribution in [-0.2, 0) is 22.6 Å². The van der Waals surface area contributed by atoms with Gasteiger partial charge in [0.25, 0.3) is 0 Å². The standard InChI is InChI=1S/C19H27N3O4/c1-13(2)11-16(18(24)25)21-17(23)7-9-20-19(26)22-10-8-14-5-3-4-6-15(14)12-22/h3-6,13,16H,7-12H2,1-2H3,(H,20,26)(H,21,23)(H,24,25)/t16-/m0/s1. The number of carbonyl (C=O) groups excluding carboxylic acids is 2. The first kappa shape index (κ1) is 19.8. The fraction of sp³-hybridized carbons (Fsp3) is 0.526. The largest absolute Gasteiger partial charge is 0.480 e. The van der Waals surface area contributed by atoms with Gasteiger partial charge in [0.1, 0.15) is 6.04 Å². The van der Waals surface area contributed by atoms with Gasteiger partial charge >= 0.3 is 12.0 Å². The lowest BCUT2D eigenvalue weighted by molar-refractivity contribution is -0.142. The molecule has 3 N–H and O–H groups in total. The molecule has 0 aromatic heterocycles. The zero-order chi connectivity index (χ0) is 19.1. The van der Waals surface area contributed by atoms with Gasteiger partial charge in [0.05, 0.1) is 0 Å². The van der Waals surface area contributed by atoms with Crippen LogP contribution in [0.25, 0.3) is 0 Å². The van der Waals surface area contributed by atoms with E-state index < -0.39 is 12.0 Å². The molecule has 1 aliphatic heterocycles. The molecule has 142 valence electrons. The lowest BCUT2D eigenvalue weighted by atomic mass is 10.0. The summed E-state index contributed by atoms with van der Waals surface area (Å²) in [4.78, 5) is 37.1. The van der Waals surface area contributed by atoms with Crippen LogP contribution in [0.1, 0.15) is 37.8 Å². The molecule has 0 fully saturated rings. The van der Waals surface area contributed by atoms with Crippen LogP contribution in [0.15, 0.2) is 24.3 Å². The maximum absolute atomic E-state index is 12.3. The van der Waals surface area contributed by atoms with E-state index in [1.54, 1.807) is 4.90 Å². The number of rotatable bonds is 7. The van der Waals surface area contributed by atoms with Crippen molar-refractivity contribution in [3.8, 4) is 0 Å². The first-order chi connectivity index (χ1) is 12.4. The molecular weight excluding hydrogens is 334 g/mol. The molecule has 3 amide bonds. The Balaban J connectivity index is 1.74. The number of carboxylic acid groups (broad SMARTS) is 1. The van der Waals surface area contributed by atoms with Gasteiger partial charge in [-0.25, -0.2) is 9.59 Å². The molecule has 0 saturated carbocycles. The first-order valence-electron chi connectivity index (χ1n) is 8.98. The smallest absolute Gasteiger partial charge is 0.326 e. The van der Waals surface area contributed by atoms with Crippen LogP contribution in [0.5, 0.6) is 0 Å². The lowest BCUT2D eigenvalue weighted by Gasteiger charge is -2.29. The summed E-state index contributed by atoms with van der Waals surface area (Å²) in [6, 6.07) is 6.95. The molecule has 1 aromatic carbocycles. The summed E-state index contributed by atoms with van der Waals surface area (Å²) in [6.07, 6.45) is 1.25. The van der Waals surface area contributed by atoms with Crippen LogP contribution in [0.2, 0.25) is 0 Å². The number of nitrogens with zero attached hydrogens (tertiary/aromatic N) is 1. The second kappa shape index (κ2) is 9.22. The van der Waals surface area contributed by atoms with Gasteiger partial charge in [0.2, 0.25) is 5.91 Å². The van der Waals surface area contributed by atoms with Crippen LogP contribution in [0, 0.1) is 5.92 Å². The predicted octanol–water partition coefficient (Wildman–Crippen LogP) is 1.76. The number of carbonyl (C=O) groups is 3. The third-order valence-corrected chi connectivity index (χ3v) is 4.39. The van der Waals surface area contributed by atoms with E-state index >= 15 is 0 Å². The predicted molar refractivity (Wildman–Crippen MR) is 97.6 cm³/mol. The van der Waals surface area contributed by atoms with Gasteiger partial charge in [-0.2, -0.15) is 0 Å². The molecule has 26 heavy (non-hydrogen) atoms. The van der Waals surface area contributed by atoms with Gasteiger partial charge in [-0.3, -0.25) is 4.79 Å². The minimum Gasteiger partial charge on any atom is -0.480 e. The Kier molecular flexibility index (Phi) is 7.00. The van der Waals surface area contributed by atoms with Crippen molar-refractivity contribution in [3.63, 3.8) is 0 Å². The summed E-state index contributed by atoms with van der Waals surface area (Å²) < 4.78 is 0. The molecule has 0 radical (unpaired) electrons. The van der Waals surface area contributed by atoms with E-state index in [9.17, 15) is 14.4 Å². The number of hydrogen-bond donors (Lipinski definition) is 3. The highest BCUT2D eigenvalue weighted by Crippen LogP contribution is 2.18. The van der Waals surface area contributed by atoms with Gasteiger partial charge in [-0.1, -0.05) is 38.1 Å². The van der Waals surface area contributed by atoms with Crippen molar-refractivity contribution < 1.29 is 19.5 Å². The molecule has 1 aromatic rings. The van der Waals surface area contributed by atoms with E-state index in [1.807, 2.05) is 32.0 Å². The number of nitrogens with one attached hydrogen (secondary N) is 2. The number of aliphatic carboxylic acids is 1. The number of fused-ring (bicyclic) bond motifs is 1. The van der Waals surface area contributed by atoms with E-state index in [1.165, 1.54) is 5.56 Å². The number of amides is 3. The molecule has 7 nitrogen and oxygen atoms in total. The minimum absolute atomic E-state index is 0.0536. The molecule has 0 bridgehead atoms. The number of carboxylic acids is 1. The van der Waals surface area contributed by atoms with E-state index in [4.69, 9.17) is 5.11 Å². The van der Waals surface area contributed by atoms with E-state index in [-0.39, 0.29) is 30.8 Å². The van der Waals surface area contributed by atoms with Crippen LogP contribution >= 0.6 is 0 Å². The van der Waals surface area contributed by atoms with E-state index in [0.29, 0.717) is 19.5 Å². The number of hydrogen-bond acceptors (Lipinski definition) is 3. The first-order valence-corrected chi connectivity index (χ1v) is 8.98. The average molecular weight is 361 g/mol. The molecular formula is C19H27N3O4. The second-order valence-corrected chi connectivity index (χ2v) is 7.01. The van der Waals surface area contributed by atoms with Crippen molar-refractivity contribution in [1.82, 2.24) is 15.5 Å². The Morgan fingerprint density at radius 3 is 2.54 bits per heavy atom. The van der Waals surface area contributed by atoms with Gasteiger partial charge in [0.15, 0.2) is 0 Å². The van der Waals surface area contributed by atoms with E-state index in [0.717, 1.165) is 12.0 Å². The number of urea groups is 1. The Hall–Kier alpha value is -2.57. The highest BCUT2D eigenvalue weighted by Gasteiger charge is 2.22. The van der Waals surface area contributed by atoms with Crippen LogP contribution < -0.4 is 10.6 Å². The molecule has 0 saturated heterocycles. The van der Waals surface area contributed by atoms with Crippen molar-refractivity contribution >= 4 is 17.9 Å². The zero-order valence-electron chi connectivity index (χ0n) is 15.3. The molecule has 1 aliphatic rings. The average Bonchev–Trinajstić information content (AvgIpc) is 2.60. The zero-order valence-corrected chi connectivity index (χ0v) is 15.3. The summed E-state index contributed by atoms with van der Waals surface area (Å²) in [6.45, 7) is 5.18. The third-order valence-electron chi connectivity index (χ3n) is 4.39. The molecule has 7 heteroatoms. The molecule has 0 spiro atoms. The van der Waals surface area contributed by atoms with Gasteiger partial charge in [-0.05, 0) is 29.9 Å². The summed E-state index contributed by atoms with van der Waals surface area (Å²) in [5.74, 6) is -1.25. The Morgan fingerprint density at radius 1 is 1.19 bits per heavy atom. The highest BCUT2D eigenvalue weighted by atomic mass is 16.4. The quantitative estimate of drug-likeness (QED) is 0.689. The Bertz CT molecular complexity index is 660. The minimum atomic E-state index is -1.04. The fourth-order valence-electron chi connectivity index (χ4n) is 3.02. The van der Waals surface area contributed by atoms with E-state index in [2.05, 4.69) is 16.7 Å². The summed E-state index contributed by atoms with van der Waals surface area (Å²) in [7, 11) is 0. The van der Waals surface area contributed by atoms with Gasteiger partial charge in [-0.15, -0.1) is 0 Å². The summed E-state index contributed by atoms with van der Waals surface area (Å²) in [5, 5.41) is 14.4. The molecule has 0 unspecified atom stereocenters. The normalized spacial score (nSPS) is 14.5. The van der Waals surface area contributed by atoms with Gasteiger partial charge < -0.3 is 20.6 Å². The Labute approximate surface area is 153 Å². The van der Waals surface area contributed by atoms with Crippen molar-refractivity contribution in [2.24, 2.45) is 5.92 Å². The fourth-order valence-corrected chi connectivity index (χ4v) is 3.02. The third kappa shape index (κ3) is 5.75. The second-order valence-electron chi connectivity index (χ2n) is 7.01.